The number of esters is 1. The highest BCUT2D eigenvalue weighted by molar-refractivity contribution is 5.82. The summed E-state index contributed by atoms with van der Waals surface area (Å²) in [5.74, 6) is -0.569. The van der Waals surface area contributed by atoms with Crippen LogP contribution in [-0.4, -0.2) is 23.8 Å². The Kier molecular flexibility index (Phi) is 3.09. The molecule has 0 aliphatic heterocycles. The smallest absolute Gasteiger partial charge is 0.341 e. The van der Waals surface area contributed by atoms with E-state index in [-0.39, 0.29) is 0 Å². The lowest BCUT2D eigenvalue weighted by molar-refractivity contribution is -0.156. The van der Waals surface area contributed by atoms with Gasteiger partial charge in [-0.1, -0.05) is 6.08 Å². The van der Waals surface area contributed by atoms with Crippen molar-refractivity contribution in [3.05, 3.63) is 11.6 Å². The molecule has 0 saturated heterocycles. The van der Waals surface area contributed by atoms with Crippen LogP contribution < -0.4 is 0 Å². The fourth-order valence-electron chi connectivity index (χ4n) is 1.61. The van der Waals surface area contributed by atoms with Gasteiger partial charge in [-0.2, -0.15) is 0 Å². The Morgan fingerprint density at radius 3 is 2.77 bits per heavy atom. The van der Waals surface area contributed by atoms with E-state index in [0.717, 1.165) is 31.3 Å². The van der Waals surface area contributed by atoms with Gasteiger partial charge in [0.1, 0.15) is 0 Å². The fourth-order valence-corrected chi connectivity index (χ4v) is 1.61. The Morgan fingerprint density at radius 1 is 1.62 bits per heavy atom. The zero-order valence-corrected chi connectivity index (χ0v) is 8.17. The maximum atomic E-state index is 11.2. The molecule has 0 aromatic rings. The molecular formula is C10H16O3. The Morgan fingerprint density at radius 2 is 2.31 bits per heavy atom. The molecular weight excluding hydrogens is 168 g/mol. The highest BCUT2D eigenvalue weighted by Gasteiger charge is 2.35. The van der Waals surface area contributed by atoms with Gasteiger partial charge in [0.2, 0.25) is 0 Å². The summed E-state index contributed by atoms with van der Waals surface area (Å²) in [7, 11) is 1.29. The van der Waals surface area contributed by atoms with Gasteiger partial charge in [-0.05, 0) is 38.2 Å². The summed E-state index contributed by atoms with van der Waals surface area (Å²) in [6.07, 6.45) is 5.87. The van der Waals surface area contributed by atoms with E-state index in [1.807, 2.05) is 6.08 Å². The minimum Gasteiger partial charge on any atom is -0.467 e. The number of hydrogen-bond acceptors (Lipinski definition) is 3. The number of carbonyl (C=O) groups excluding carboxylic acids is 1. The normalized spacial score (nSPS) is 21.6. The minimum atomic E-state index is -1.42. The molecule has 1 unspecified atom stereocenters. The largest absolute Gasteiger partial charge is 0.467 e. The average Bonchev–Trinajstić information content (AvgIpc) is 2.18. The zero-order chi connectivity index (χ0) is 9.90. The number of aliphatic hydroxyl groups is 1. The molecule has 0 spiro atoms. The molecule has 0 saturated carbocycles. The lowest BCUT2D eigenvalue weighted by Gasteiger charge is -2.26. The van der Waals surface area contributed by atoms with Crippen LogP contribution in [0.15, 0.2) is 11.6 Å². The SMILES string of the molecule is COC(=O)C(C)(O)C1=CCCCC1. The van der Waals surface area contributed by atoms with Gasteiger partial charge in [0.25, 0.3) is 0 Å². The molecule has 3 heteroatoms. The molecule has 0 aromatic carbocycles. The summed E-state index contributed by atoms with van der Waals surface area (Å²) in [5, 5.41) is 9.86. The van der Waals surface area contributed by atoms with Crippen molar-refractivity contribution in [2.45, 2.75) is 38.2 Å². The van der Waals surface area contributed by atoms with Crippen molar-refractivity contribution in [2.24, 2.45) is 0 Å². The monoisotopic (exact) mass is 184 g/mol. The first kappa shape index (κ1) is 10.3. The molecule has 0 fully saturated rings. The van der Waals surface area contributed by atoms with Gasteiger partial charge in [0.05, 0.1) is 7.11 Å². The standard InChI is InChI=1S/C10H16O3/c1-10(12,9(11)13-2)8-6-4-3-5-7-8/h6,12H,3-5,7H2,1-2H3. The van der Waals surface area contributed by atoms with Gasteiger partial charge in [-0.15, -0.1) is 0 Å². The van der Waals surface area contributed by atoms with E-state index in [1.165, 1.54) is 14.0 Å². The molecule has 1 rings (SSSR count). The van der Waals surface area contributed by atoms with Crippen LogP contribution in [-0.2, 0) is 9.53 Å². The first-order valence-corrected chi connectivity index (χ1v) is 4.59. The molecule has 0 amide bonds. The second-order valence-electron chi connectivity index (χ2n) is 3.54. The van der Waals surface area contributed by atoms with Crippen molar-refractivity contribution < 1.29 is 14.6 Å². The van der Waals surface area contributed by atoms with E-state index in [2.05, 4.69) is 4.74 Å². The third-order valence-corrected chi connectivity index (χ3v) is 2.50. The molecule has 1 aliphatic rings. The van der Waals surface area contributed by atoms with E-state index in [0.29, 0.717) is 0 Å². The predicted octanol–water partition coefficient (Wildman–Crippen LogP) is 1.41. The van der Waals surface area contributed by atoms with Gasteiger partial charge in [0, 0.05) is 0 Å². The summed E-state index contributed by atoms with van der Waals surface area (Å²) in [6.45, 7) is 1.50. The molecule has 1 N–H and O–H groups in total. The molecule has 0 radical (unpaired) electrons. The van der Waals surface area contributed by atoms with Crippen molar-refractivity contribution in [3.63, 3.8) is 0 Å². The molecule has 1 atom stereocenters. The number of ether oxygens (including phenoxy) is 1. The third kappa shape index (κ3) is 2.10. The second kappa shape index (κ2) is 3.92. The van der Waals surface area contributed by atoms with Gasteiger partial charge in [-0.25, -0.2) is 4.79 Å². The van der Waals surface area contributed by atoms with Gasteiger partial charge < -0.3 is 9.84 Å². The van der Waals surface area contributed by atoms with Crippen LogP contribution in [0, 0.1) is 0 Å². The maximum Gasteiger partial charge on any atom is 0.341 e. The average molecular weight is 184 g/mol. The Hall–Kier alpha value is -0.830. The summed E-state index contributed by atoms with van der Waals surface area (Å²) < 4.78 is 4.54. The predicted molar refractivity (Wildman–Crippen MR) is 49.2 cm³/mol. The zero-order valence-electron chi connectivity index (χ0n) is 8.17. The number of methoxy groups -OCH3 is 1. The van der Waals surface area contributed by atoms with Crippen molar-refractivity contribution in [1.82, 2.24) is 0 Å². The quantitative estimate of drug-likeness (QED) is 0.521. The third-order valence-electron chi connectivity index (χ3n) is 2.50. The molecule has 3 nitrogen and oxygen atoms in total. The summed E-state index contributed by atoms with van der Waals surface area (Å²) in [5.41, 5.74) is -0.625. The topological polar surface area (TPSA) is 46.5 Å². The Bertz CT molecular complexity index is 228. The molecule has 74 valence electrons. The first-order chi connectivity index (χ1) is 6.09. The van der Waals surface area contributed by atoms with Crippen LogP contribution in [0.25, 0.3) is 0 Å². The van der Waals surface area contributed by atoms with E-state index in [9.17, 15) is 9.90 Å². The highest BCUT2D eigenvalue weighted by atomic mass is 16.5. The molecule has 13 heavy (non-hydrogen) atoms. The summed E-state index contributed by atoms with van der Waals surface area (Å²) in [6, 6.07) is 0. The van der Waals surface area contributed by atoms with Gasteiger partial charge in [-0.3, -0.25) is 0 Å². The van der Waals surface area contributed by atoms with E-state index in [4.69, 9.17) is 0 Å². The number of allylic oxidation sites excluding steroid dienone is 1. The number of hydrogen-bond donors (Lipinski definition) is 1. The van der Waals surface area contributed by atoms with Crippen molar-refractivity contribution in [2.75, 3.05) is 7.11 Å². The van der Waals surface area contributed by atoms with E-state index in [1.54, 1.807) is 0 Å². The van der Waals surface area contributed by atoms with E-state index < -0.39 is 11.6 Å². The van der Waals surface area contributed by atoms with Crippen LogP contribution in [0.1, 0.15) is 32.6 Å². The molecule has 0 aromatic heterocycles. The van der Waals surface area contributed by atoms with Gasteiger partial charge in [0.15, 0.2) is 5.60 Å². The van der Waals surface area contributed by atoms with Crippen LogP contribution in [0.3, 0.4) is 0 Å². The highest BCUT2D eigenvalue weighted by Crippen LogP contribution is 2.27. The van der Waals surface area contributed by atoms with Crippen LogP contribution in [0.2, 0.25) is 0 Å². The second-order valence-corrected chi connectivity index (χ2v) is 3.54. The van der Waals surface area contributed by atoms with Crippen LogP contribution in [0.4, 0.5) is 0 Å². The lowest BCUT2D eigenvalue weighted by atomic mass is 9.87. The molecule has 0 heterocycles. The van der Waals surface area contributed by atoms with Crippen LogP contribution in [0.5, 0.6) is 0 Å². The van der Waals surface area contributed by atoms with Crippen molar-refractivity contribution in [3.8, 4) is 0 Å². The number of rotatable bonds is 2. The summed E-state index contributed by atoms with van der Waals surface area (Å²) >= 11 is 0. The molecule has 1 aliphatic carbocycles. The van der Waals surface area contributed by atoms with Crippen molar-refractivity contribution >= 4 is 5.97 Å². The fraction of sp³-hybridized carbons (Fsp3) is 0.700. The Balaban J connectivity index is 2.78. The van der Waals surface area contributed by atoms with Crippen molar-refractivity contribution in [1.29, 1.82) is 0 Å². The van der Waals surface area contributed by atoms with Crippen LogP contribution >= 0.6 is 0 Å². The molecule has 0 bridgehead atoms. The maximum absolute atomic E-state index is 11.2. The summed E-state index contributed by atoms with van der Waals surface area (Å²) in [4.78, 5) is 11.2. The first-order valence-electron chi connectivity index (χ1n) is 4.59. The number of carbonyl (C=O) groups is 1. The van der Waals surface area contributed by atoms with Gasteiger partial charge >= 0.3 is 5.97 Å². The minimum absolute atomic E-state index is 0.569. The lowest BCUT2D eigenvalue weighted by Crippen LogP contribution is -2.38. The van der Waals surface area contributed by atoms with E-state index >= 15 is 0 Å². The Labute approximate surface area is 78.4 Å².